The van der Waals surface area contributed by atoms with Gasteiger partial charge in [-0.3, -0.25) is 4.79 Å². The van der Waals surface area contributed by atoms with E-state index in [-0.39, 0.29) is 30.7 Å². The molecule has 0 atom stereocenters. The Kier molecular flexibility index (Phi) is 8.27. The van der Waals surface area contributed by atoms with E-state index in [2.05, 4.69) is 9.88 Å². The number of carbonyl (C=O) groups excluding carboxylic acids is 1. The molecule has 2 N–H and O–H groups in total. The number of ether oxygens (including phenoxy) is 1. The predicted octanol–water partition coefficient (Wildman–Crippen LogP) is 3.50. The molecule has 1 aliphatic rings. The summed E-state index contributed by atoms with van der Waals surface area (Å²) in [5.41, 5.74) is 7.64. The summed E-state index contributed by atoms with van der Waals surface area (Å²) < 4.78 is 5.28. The number of carbonyl (C=O) groups is 1. The summed E-state index contributed by atoms with van der Waals surface area (Å²) in [6.07, 6.45) is 0. The molecule has 1 aromatic carbocycles. The van der Waals surface area contributed by atoms with E-state index in [1.54, 1.807) is 28.4 Å². The molecule has 0 saturated carbocycles. The van der Waals surface area contributed by atoms with Crippen LogP contribution in [0.1, 0.15) is 16.1 Å². The van der Waals surface area contributed by atoms with Gasteiger partial charge in [-0.2, -0.15) is 0 Å². The molecule has 0 radical (unpaired) electrons. The quantitative estimate of drug-likeness (QED) is 0.741. The normalized spacial score (nSPS) is 13.7. The summed E-state index contributed by atoms with van der Waals surface area (Å²) in [5, 5.41) is 3.40. The van der Waals surface area contributed by atoms with Crippen LogP contribution in [0.2, 0.25) is 5.02 Å². The number of aromatic nitrogens is 1. The van der Waals surface area contributed by atoms with Crippen LogP contribution in [0.3, 0.4) is 0 Å². The average molecular weight is 440 g/mol. The van der Waals surface area contributed by atoms with E-state index in [1.165, 1.54) is 7.11 Å². The fourth-order valence-electron chi connectivity index (χ4n) is 2.66. The standard InChI is InChI=1S/C16H19ClN4O2S.2ClH/c1-10-9-24-16(19-10)21-5-3-20(4-6-21)15(22)11-7-12(17)13(18)8-14(11)23-2;;/h7-9H,3-6,18H2,1-2H3;2*1H. The monoisotopic (exact) mass is 438 g/mol. The van der Waals surface area contributed by atoms with Gasteiger partial charge in [0, 0.05) is 37.6 Å². The Morgan fingerprint density at radius 1 is 1.27 bits per heavy atom. The minimum absolute atomic E-state index is 0. The summed E-state index contributed by atoms with van der Waals surface area (Å²) >= 11 is 7.70. The molecule has 3 rings (SSSR count). The van der Waals surface area contributed by atoms with Gasteiger partial charge in [-0.15, -0.1) is 36.2 Å². The topological polar surface area (TPSA) is 71.7 Å². The highest BCUT2D eigenvalue weighted by atomic mass is 35.5. The lowest BCUT2D eigenvalue weighted by Gasteiger charge is -2.34. The van der Waals surface area contributed by atoms with Crippen molar-refractivity contribution < 1.29 is 9.53 Å². The van der Waals surface area contributed by atoms with Crippen molar-refractivity contribution in [1.82, 2.24) is 9.88 Å². The minimum Gasteiger partial charge on any atom is -0.496 e. The van der Waals surface area contributed by atoms with Crippen molar-refractivity contribution >= 4 is 64.5 Å². The Labute approximate surface area is 174 Å². The first-order valence-electron chi connectivity index (χ1n) is 7.59. The van der Waals surface area contributed by atoms with Gasteiger partial charge in [-0.05, 0) is 13.0 Å². The lowest BCUT2D eigenvalue weighted by Crippen LogP contribution is -2.48. The third-order valence-electron chi connectivity index (χ3n) is 3.99. The number of halogens is 3. The Morgan fingerprint density at radius 2 is 1.92 bits per heavy atom. The molecule has 2 heterocycles. The first-order valence-corrected chi connectivity index (χ1v) is 8.84. The number of nitrogens with two attached hydrogens (primary N) is 1. The van der Waals surface area contributed by atoms with Crippen molar-refractivity contribution in [1.29, 1.82) is 0 Å². The Balaban J connectivity index is 0.00000169. The average Bonchev–Trinajstić information content (AvgIpc) is 3.03. The van der Waals surface area contributed by atoms with Gasteiger partial charge in [0.15, 0.2) is 5.13 Å². The zero-order valence-electron chi connectivity index (χ0n) is 14.4. The van der Waals surface area contributed by atoms with Crippen LogP contribution in [0.15, 0.2) is 17.5 Å². The van der Waals surface area contributed by atoms with Crippen molar-refractivity contribution in [3.8, 4) is 5.75 Å². The molecule has 0 spiro atoms. The number of benzene rings is 1. The van der Waals surface area contributed by atoms with Crippen LogP contribution in [0, 0.1) is 6.92 Å². The third kappa shape index (κ3) is 4.65. The fraction of sp³-hybridized carbons (Fsp3) is 0.375. The van der Waals surface area contributed by atoms with E-state index < -0.39 is 0 Å². The summed E-state index contributed by atoms with van der Waals surface area (Å²) in [4.78, 5) is 21.3. The second-order valence-electron chi connectivity index (χ2n) is 5.62. The molecule has 1 aromatic heterocycles. The number of piperazine rings is 1. The molecule has 0 bridgehead atoms. The van der Waals surface area contributed by atoms with Crippen LogP contribution in [0.5, 0.6) is 5.75 Å². The maximum Gasteiger partial charge on any atom is 0.257 e. The molecule has 1 aliphatic heterocycles. The summed E-state index contributed by atoms with van der Waals surface area (Å²) in [6, 6.07) is 3.17. The zero-order valence-corrected chi connectivity index (χ0v) is 17.6. The van der Waals surface area contributed by atoms with E-state index >= 15 is 0 Å². The second-order valence-corrected chi connectivity index (χ2v) is 6.87. The number of nitrogens with zero attached hydrogens (tertiary/aromatic N) is 3. The third-order valence-corrected chi connectivity index (χ3v) is 5.34. The summed E-state index contributed by atoms with van der Waals surface area (Å²) in [5.74, 6) is 0.351. The van der Waals surface area contributed by atoms with E-state index in [0.717, 1.165) is 23.9 Å². The second kappa shape index (κ2) is 9.50. The Hall–Kier alpha value is -1.41. The molecule has 0 unspecified atom stereocenters. The molecule has 1 saturated heterocycles. The summed E-state index contributed by atoms with van der Waals surface area (Å²) in [6.45, 7) is 4.75. The molecule has 10 heteroatoms. The number of methoxy groups -OCH3 is 1. The number of hydrogen-bond acceptors (Lipinski definition) is 6. The van der Waals surface area contributed by atoms with Crippen molar-refractivity contribution in [3.05, 3.63) is 33.8 Å². The number of rotatable bonds is 3. The van der Waals surface area contributed by atoms with Gasteiger partial charge in [0.2, 0.25) is 0 Å². The van der Waals surface area contributed by atoms with Crippen LogP contribution in [0.4, 0.5) is 10.8 Å². The van der Waals surface area contributed by atoms with Crippen LogP contribution in [-0.4, -0.2) is 49.1 Å². The van der Waals surface area contributed by atoms with Crippen molar-refractivity contribution in [3.63, 3.8) is 0 Å². The zero-order chi connectivity index (χ0) is 17.3. The fourth-order valence-corrected chi connectivity index (χ4v) is 3.68. The Bertz CT molecular complexity index is 764. The highest BCUT2D eigenvalue weighted by molar-refractivity contribution is 7.13. The van der Waals surface area contributed by atoms with Gasteiger partial charge in [-0.1, -0.05) is 11.6 Å². The molecule has 144 valence electrons. The van der Waals surface area contributed by atoms with Crippen LogP contribution >= 0.6 is 47.8 Å². The number of hydrogen-bond donors (Lipinski definition) is 1. The SMILES string of the molecule is COc1cc(N)c(Cl)cc1C(=O)N1CCN(c2nc(C)cs2)CC1.Cl.Cl. The number of nitrogen functional groups attached to an aromatic ring is 1. The Morgan fingerprint density at radius 3 is 2.46 bits per heavy atom. The van der Waals surface area contributed by atoms with Gasteiger partial charge >= 0.3 is 0 Å². The van der Waals surface area contributed by atoms with Gasteiger partial charge < -0.3 is 20.3 Å². The van der Waals surface area contributed by atoms with E-state index in [4.69, 9.17) is 22.1 Å². The largest absolute Gasteiger partial charge is 0.496 e. The predicted molar refractivity (Wildman–Crippen MR) is 112 cm³/mol. The van der Waals surface area contributed by atoms with E-state index in [0.29, 0.717) is 35.1 Å². The molecule has 26 heavy (non-hydrogen) atoms. The van der Waals surface area contributed by atoms with Crippen LogP contribution in [0.25, 0.3) is 0 Å². The lowest BCUT2D eigenvalue weighted by atomic mass is 10.1. The maximum atomic E-state index is 12.8. The molecule has 6 nitrogen and oxygen atoms in total. The van der Waals surface area contributed by atoms with E-state index in [1.807, 2.05) is 12.3 Å². The highest BCUT2D eigenvalue weighted by Crippen LogP contribution is 2.30. The smallest absolute Gasteiger partial charge is 0.257 e. The van der Waals surface area contributed by atoms with E-state index in [9.17, 15) is 4.79 Å². The highest BCUT2D eigenvalue weighted by Gasteiger charge is 2.26. The number of thiazole rings is 1. The number of aryl methyl sites for hydroxylation is 1. The molecule has 1 amide bonds. The first kappa shape index (κ1) is 22.6. The molecule has 2 aromatic rings. The van der Waals surface area contributed by atoms with Crippen LogP contribution < -0.4 is 15.4 Å². The molecular weight excluding hydrogens is 419 g/mol. The minimum atomic E-state index is -0.0938. The van der Waals surface area contributed by atoms with Gasteiger partial charge in [0.25, 0.3) is 5.91 Å². The summed E-state index contributed by atoms with van der Waals surface area (Å²) in [7, 11) is 1.52. The van der Waals surface area contributed by atoms with Crippen LogP contribution in [-0.2, 0) is 0 Å². The molecule has 0 aliphatic carbocycles. The first-order chi connectivity index (χ1) is 11.5. The van der Waals surface area contributed by atoms with Crippen molar-refractivity contribution in [2.24, 2.45) is 0 Å². The van der Waals surface area contributed by atoms with Gasteiger partial charge in [-0.25, -0.2) is 4.98 Å². The molecule has 1 fully saturated rings. The number of amides is 1. The lowest BCUT2D eigenvalue weighted by molar-refractivity contribution is 0.0743. The van der Waals surface area contributed by atoms with Crippen molar-refractivity contribution in [2.75, 3.05) is 43.9 Å². The number of anilines is 2. The molecular formula is C16H21Cl3N4O2S. The van der Waals surface area contributed by atoms with Gasteiger partial charge in [0.05, 0.1) is 29.1 Å². The van der Waals surface area contributed by atoms with Gasteiger partial charge in [0.1, 0.15) is 5.75 Å². The maximum absolute atomic E-state index is 12.8. The van der Waals surface area contributed by atoms with Crippen molar-refractivity contribution in [2.45, 2.75) is 6.92 Å².